The predicted molar refractivity (Wildman–Crippen MR) is 82.5 cm³/mol. The highest BCUT2D eigenvalue weighted by Crippen LogP contribution is 2.41. The van der Waals surface area contributed by atoms with Crippen LogP contribution < -0.4 is 0 Å². The monoisotopic (exact) mass is 296 g/mol. The smallest absolute Gasteiger partial charge is 0.254 e. The number of amides is 1. The molecule has 0 radical (unpaired) electrons. The Morgan fingerprint density at radius 1 is 1.14 bits per heavy atom. The number of aryl methyl sites for hydroxylation is 1. The fourth-order valence-electron chi connectivity index (χ4n) is 4.06. The van der Waals surface area contributed by atoms with Crippen LogP contribution in [0.3, 0.4) is 0 Å². The number of hydrogen-bond acceptors (Lipinski definition) is 3. The molecule has 2 fully saturated rings. The molecular weight excluding hydrogens is 276 g/mol. The van der Waals surface area contributed by atoms with Gasteiger partial charge in [-0.3, -0.25) is 4.79 Å². The molecule has 0 aliphatic carbocycles. The van der Waals surface area contributed by atoms with Crippen LogP contribution in [0, 0.1) is 6.92 Å². The molecule has 1 aromatic carbocycles. The molecule has 5 nitrogen and oxygen atoms in total. The van der Waals surface area contributed by atoms with E-state index in [0.717, 1.165) is 36.8 Å². The van der Waals surface area contributed by atoms with Crippen molar-refractivity contribution in [1.29, 1.82) is 0 Å². The number of nitrogens with zero attached hydrogens (tertiary/aromatic N) is 4. The maximum Gasteiger partial charge on any atom is 0.254 e. The third-order valence-electron chi connectivity index (χ3n) is 5.13. The van der Waals surface area contributed by atoms with Gasteiger partial charge in [0.25, 0.3) is 5.91 Å². The number of rotatable bonds is 2. The number of piperidine rings is 1. The molecule has 2 atom stereocenters. The van der Waals surface area contributed by atoms with Gasteiger partial charge < -0.3 is 4.90 Å². The normalized spacial score (nSPS) is 27.1. The first-order valence-corrected chi connectivity index (χ1v) is 7.98. The van der Waals surface area contributed by atoms with Crippen molar-refractivity contribution < 1.29 is 4.79 Å². The summed E-state index contributed by atoms with van der Waals surface area (Å²) < 4.78 is 1.96. The van der Waals surface area contributed by atoms with Crippen LogP contribution in [-0.4, -0.2) is 37.9 Å². The zero-order valence-electron chi connectivity index (χ0n) is 12.7. The van der Waals surface area contributed by atoms with Crippen molar-refractivity contribution in [3.63, 3.8) is 0 Å². The van der Waals surface area contributed by atoms with Crippen molar-refractivity contribution in [2.45, 2.75) is 50.7 Å². The Morgan fingerprint density at radius 2 is 1.86 bits per heavy atom. The minimum absolute atomic E-state index is 0.197. The molecule has 0 spiro atoms. The van der Waals surface area contributed by atoms with E-state index in [4.69, 9.17) is 0 Å². The van der Waals surface area contributed by atoms with Crippen LogP contribution in [0.15, 0.2) is 36.7 Å². The molecule has 2 aliphatic rings. The second kappa shape index (κ2) is 5.23. The van der Waals surface area contributed by atoms with Crippen LogP contribution in [0.25, 0.3) is 0 Å². The average molecular weight is 296 g/mol. The van der Waals surface area contributed by atoms with E-state index in [2.05, 4.69) is 15.2 Å². The molecule has 2 saturated heterocycles. The molecule has 2 unspecified atom stereocenters. The highest BCUT2D eigenvalue weighted by Gasteiger charge is 2.44. The summed E-state index contributed by atoms with van der Waals surface area (Å²) in [6, 6.07) is 8.93. The molecular formula is C17H20N4O. The van der Waals surface area contributed by atoms with Crippen molar-refractivity contribution in [3.05, 3.63) is 47.8 Å². The Hall–Kier alpha value is -2.17. The third-order valence-corrected chi connectivity index (χ3v) is 5.13. The van der Waals surface area contributed by atoms with E-state index in [1.54, 1.807) is 6.20 Å². The molecule has 22 heavy (non-hydrogen) atoms. The van der Waals surface area contributed by atoms with Gasteiger partial charge in [0.1, 0.15) is 0 Å². The van der Waals surface area contributed by atoms with Gasteiger partial charge in [0, 0.05) is 23.8 Å². The molecule has 114 valence electrons. The molecule has 1 amide bonds. The van der Waals surface area contributed by atoms with E-state index < -0.39 is 0 Å². The first-order valence-electron chi connectivity index (χ1n) is 7.98. The van der Waals surface area contributed by atoms with E-state index in [1.807, 2.05) is 42.1 Å². The second-order valence-electron chi connectivity index (χ2n) is 6.42. The van der Waals surface area contributed by atoms with Crippen LogP contribution >= 0.6 is 0 Å². The first kappa shape index (κ1) is 13.5. The van der Waals surface area contributed by atoms with Crippen LogP contribution in [-0.2, 0) is 0 Å². The summed E-state index contributed by atoms with van der Waals surface area (Å²) in [4.78, 5) is 15.1. The molecule has 3 heterocycles. The van der Waals surface area contributed by atoms with Crippen LogP contribution in [0.5, 0.6) is 0 Å². The number of benzene rings is 1. The van der Waals surface area contributed by atoms with E-state index in [0.29, 0.717) is 18.1 Å². The molecule has 2 aromatic rings. The van der Waals surface area contributed by atoms with Gasteiger partial charge in [-0.25, -0.2) is 4.68 Å². The lowest BCUT2D eigenvalue weighted by atomic mass is 9.95. The number of fused-ring (bicyclic) bond motifs is 2. The topological polar surface area (TPSA) is 51.0 Å². The SMILES string of the molecule is Cc1ccccc1C(=O)N1C2CCC1CC(n1ccnn1)C2. The number of aromatic nitrogens is 3. The minimum atomic E-state index is 0.197. The standard InChI is InChI=1S/C17H20N4O/c1-12-4-2-3-5-16(12)17(22)21-13-6-7-14(21)11-15(10-13)20-9-8-18-19-20/h2-5,8-9,13-15H,6-7,10-11H2,1H3. The Balaban J connectivity index is 1.58. The fourth-order valence-corrected chi connectivity index (χ4v) is 4.06. The highest BCUT2D eigenvalue weighted by molar-refractivity contribution is 5.96. The number of hydrogen-bond donors (Lipinski definition) is 0. The van der Waals surface area contributed by atoms with Gasteiger partial charge in [0.2, 0.25) is 0 Å². The number of carbonyl (C=O) groups excluding carboxylic acids is 1. The predicted octanol–water partition coefficient (Wildman–Crippen LogP) is 2.59. The highest BCUT2D eigenvalue weighted by atomic mass is 16.2. The lowest BCUT2D eigenvalue weighted by Gasteiger charge is -2.39. The average Bonchev–Trinajstić information content (AvgIpc) is 3.14. The molecule has 2 aliphatic heterocycles. The quantitative estimate of drug-likeness (QED) is 0.856. The summed E-state index contributed by atoms with van der Waals surface area (Å²) in [5.41, 5.74) is 1.91. The molecule has 1 aromatic heterocycles. The van der Waals surface area contributed by atoms with Gasteiger partial charge in [-0.15, -0.1) is 5.10 Å². The van der Waals surface area contributed by atoms with Gasteiger partial charge in [0.05, 0.1) is 12.2 Å². The van der Waals surface area contributed by atoms with Crippen molar-refractivity contribution in [2.75, 3.05) is 0 Å². The lowest BCUT2D eigenvalue weighted by Crippen LogP contribution is -2.47. The van der Waals surface area contributed by atoms with Gasteiger partial charge in [-0.2, -0.15) is 0 Å². The zero-order chi connectivity index (χ0) is 15.1. The van der Waals surface area contributed by atoms with Crippen molar-refractivity contribution in [1.82, 2.24) is 19.9 Å². The van der Waals surface area contributed by atoms with E-state index >= 15 is 0 Å². The molecule has 0 saturated carbocycles. The Bertz CT molecular complexity index is 668. The molecule has 2 bridgehead atoms. The summed E-state index contributed by atoms with van der Waals surface area (Å²) in [5, 5.41) is 8.06. The first-order chi connectivity index (χ1) is 10.7. The zero-order valence-corrected chi connectivity index (χ0v) is 12.7. The van der Waals surface area contributed by atoms with Gasteiger partial charge in [-0.05, 0) is 44.2 Å². The van der Waals surface area contributed by atoms with Gasteiger partial charge in [-0.1, -0.05) is 23.4 Å². The van der Waals surface area contributed by atoms with E-state index in [9.17, 15) is 4.79 Å². The largest absolute Gasteiger partial charge is 0.333 e. The van der Waals surface area contributed by atoms with Crippen molar-refractivity contribution >= 4 is 5.91 Å². The Morgan fingerprint density at radius 3 is 2.50 bits per heavy atom. The summed E-state index contributed by atoms with van der Waals surface area (Å²) >= 11 is 0. The summed E-state index contributed by atoms with van der Waals surface area (Å²) in [7, 11) is 0. The van der Waals surface area contributed by atoms with E-state index in [-0.39, 0.29) is 5.91 Å². The van der Waals surface area contributed by atoms with Crippen LogP contribution in [0.2, 0.25) is 0 Å². The Kier molecular flexibility index (Phi) is 3.21. The molecule has 5 heteroatoms. The lowest BCUT2D eigenvalue weighted by molar-refractivity contribution is 0.0522. The third kappa shape index (κ3) is 2.12. The second-order valence-corrected chi connectivity index (χ2v) is 6.42. The van der Waals surface area contributed by atoms with Gasteiger partial charge >= 0.3 is 0 Å². The van der Waals surface area contributed by atoms with Crippen molar-refractivity contribution in [3.8, 4) is 0 Å². The molecule has 4 rings (SSSR count). The molecule has 0 N–H and O–H groups in total. The Labute approximate surface area is 129 Å². The summed E-state index contributed by atoms with van der Waals surface area (Å²) in [5.74, 6) is 0.197. The maximum absolute atomic E-state index is 13.0. The van der Waals surface area contributed by atoms with Crippen LogP contribution in [0.1, 0.15) is 47.6 Å². The maximum atomic E-state index is 13.0. The summed E-state index contributed by atoms with van der Waals surface area (Å²) in [6.07, 6.45) is 7.84. The van der Waals surface area contributed by atoms with E-state index in [1.165, 1.54) is 0 Å². The fraction of sp³-hybridized carbons (Fsp3) is 0.471. The van der Waals surface area contributed by atoms with Gasteiger partial charge in [0.15, 0.2) is 0 Å². The number of carbonyl (C=O) groups is 1. The van der Waals surface area contributed by atoms with Crippen LogP contribution in [0.4, 0.5) is 0 Å². The summed E-state index contributed by atoms with van der Waals surface area (Å²) in [6.45, 7) is 2.01. The van der Waals surface area contributed by atoms with Crippen molar-refractivity contribution in [2.24, 2.45) is 0 Å². The minimum Gasteiger partial charge on any atom is -0.333 e.